The number of fused-ring (bicyclic) bond motifs is 2. The van der Waals surface area contributed by atoms with Crippen LogP contribution in [-0.2, 0) is 23.7 Å². The van der Waals surface area contributed by atoms with Gasteiger partial charge in [-0.05, 0) is 142 Å². The Bertz CT molecular complexity index is 2460. The number of aryl methyl sites for hydroxylation is 2. The monoisotopic (exact) mass is 877 g/mol. The van der Waals surface area contributed by atoms with Crippen molar-refractivity contribution >= 4 is 55.7 Å². The van der Waals surface area contributed by atoms with Crippen LogP contribution >= 0.6 is 0 Å². The van der Waals surface area contributed by atoms with E-state index in [4.69, 9.17) is 0 Å². The van der Waals surface area contributed by atoms with Crippen LogP contribution in [0, 0.1) is 0 Å². The maximum Gasteiger partial charge on any atom is 0.0620 e. The lowest BCUT2D eigenvalue weighted by molar-refractivity contribution is 0.590. The van der Waals surface area contributed by atoms with Crippen LogP contribution in [-0.4, -0.2) is 0 Å². The lowest BCUT2D eigenvalue weighted by Crippen LogP contribution is -2.17. The van der Waals surface area contributed by atoms with Crippen molar-refractivity contribution in [2.24, 2.45) is 0 Å². The Morgan fingerprint density at radius 3 is 0.970 bits per heavy atom. The Morgan fingerprint density at radius 2 is 0.682 bits per heavy atom. The minimum atomic E-state index is -0.0564. The molecular formula is C64H80N2. The fourth-order valence-corrected chi connectivity index (χ4v) is 9.56. The highest BCUT2D eigenvalue weighted by atomic mass is 15.2. The van der Waals surface area contributed by atoms with Gasteiger partial charge in [0.05, 0.1) is 11.4 Å². The Labute approximate surface area is 400 Å². The maximum absolute atomic E-state index is 2.57. The number of rotatable bonds is 18. The summed E-state index contributed by atoms with van der Waals surface area (Å²) >= 11 is 0. The van der Waals surface area contributed by atoms with Crippen molar-refractivity contribution < 1.29 is 0 Å². The number of hydrogen-bond donors (Lipinski definition) is 0. The number of anilines is 6. The van der Waals surface area contributed by atoms with Gasteiger partial charge >= 0.3 is 0 Å². The number of unbranched alkanes of at least 4 members (excludes halogenated alkanes) is 6. The molecule has 0 saturated heterocycles. The lowest BCUT2D eigenvalue weighted by Gasteiger charge is -2.34. The van der Waals surface area contributed by atoms with Crippen molar-refractivity contribution in [3.05, 3.63) is 167 Å². The second kappa shape index (κ2) is 21.1. The van der Waals surface area contributed by atoms with E-state index in [0.29, 0.717) is 11.8 Å². The fourth-order valence-electron chi connectivity index (χ4n) is 9.56. The molecule has 0 saturated carbocycles. The molecule has 0 radical (unpaired) electrons. The summed E-state index contributed by atoms with van der Waals surface area (Å²) < 4.78 is 0. The van der Waals surface area contributed by atoms with Gasteiger partial charge in [-0.25, -0.2) is 0 Å². The van der Waals surface area contributed by atoms with Crippen molar-refractivity contribution in [3.8, 4) is 0 Å². The first kappa shape index (κ1) is 48.6. The summed E-state index contributed by atoms with van der Waals surface area (Å²) in [5, 5.41) is 4.98. The molecule has 2 heteroatoms. The summed E-state index contributed by atoms with van der Waals surface area (Å²) in [5.41, 5.74) is 15.2. The summed E-state index contributed by atoms with van der Waals surface area (Å²) in [6.45, 7) is 27.8. The molecule has 7 rings (SSSR count). The summed E-state index contributed by atoms with van der Waals surface area (Å²) in [4.78, 5) is 5.13. The lowest BCUT2D eigenvalue weighted by atomic mass is 9.82. The van der Waals surface area contributed by atoms with Gasteiger partial charge in [-0.3, -0.25) is 0 Å². The minimum Gasteiger partial charge on any atom is -0.309 e. The molecule has 0 amide bonds. The molecule has 0 aromatic heterocycles. The van der Waals surface area contributed by atoms with Gasteiger partial charge in [-0.2, -0.15) is 0 Å². The zero-order valence-electron chi connectivity index (χ0n) is 42.8. The molecule has 0 N–H and O–H groups in total. The molecule has 0 unspecified atom stereocenters. The van der Waals surface area contributed by atoms with E-state index in [-0.39, 0.29) is 10.8 Å². The smallest absolute Gasteiger partial charge is 0.0620 e. The van der Waals surface area contributed by atoms with Gasteiger partial charge in [-0.15, -0.1) is 0 Å². The van der Waals surface area contributed by atoms with E-state index in [9.17, 15) is 0 Å². The Hall–Kier alpha value is -5.34. The first-order valence-electron chi connectivity index (χ1n) is 25.6. The highest BCUT2D eigenvalue weighted by Gasteiger charge is 2.28. The zero-order valence-corrected chi connectivity index (χ0v) is 42.8. The number of nitrogens with zero attached hydrogens (tertiary/aromatic N) is 2. The van der Waals surface area contributed by atoms with E-state index in [1.54, 1.807) is 0 Å². The van der Waals surface area contributed by atoms with Crippen molar-refractivity contribution in [2.45, 2.75) is 170 Å². The van der Waals surface area contributed by atoms with Gasteiger partial charge in [0.2, 0.25) is 0 Å². The molecule has 66 heavy (non-hydrogen) atoms. The predicted octanol–water partition coefficient (Wildman–Crippen LogP) is 20.0. The van der Waals surface area contributed by atoms with Crippen LogP contribution in [0.2, 0.25) is 0 Å². The average Bonchev–Trinajstić information content (AvgIpc) is 3.30. The highest BCUT2D eigenvalue weighted by Crippen LogP contribution is 2.52. The van der Waals surface area contributed by atoms with Crippen molar-refractivity contribution in [1.82, 2.24) is 0 Å². The van der Waals surface area contributed by atoms with Gasteiger partial charge in [0.25, 0.3) is 0 Å². The molecule has 7 aromatic carbocycles. The topological polar surface area (TPSA) is 6.48 Å². The summed E-state index contributed by atoms with van der Waals surface area (Å²) in [7, 11) is 0. The molecular weight excluding hydrogens is 797 g/mol. The molecule has 0 aliphatic carbocycles. The Balaban J connectivity index is 1.58. The van der Waals surface area contributed by atoms with Gasteiger partial charge in [0, 0.05) is 44.3 Å². The number of benzene rings is 7. The average molecular weight is 877 g/mol. The van der Waals surface area contributed by atoms with Gasteiger partial charge < -0.3 is 9.80 Å². The van der Waals surface area contributed by atoms with E-state index < -0.39 is 0 Å². The SMILES string of the molecule is CCCCCCc1ccc(N(c2ccc(C(C)C)cc2)c2c3ccc(C(C)(C)C)cc3c(N(c3ccc(CCCCCC)cc3)c3ccc(C(C)C)cc3)c3ccc(C(C)(C)C)cc23)cc1. The second-order valence-electron chi connectivity index (χ2n) is 21.8. The standard InChI is InChI=1S/C64H80N2/c1-13-15-17-19-21-47-23-33-53(34-24-47)65(55-37-27-49(28-38-55)45(3)4)61-57-41-31-52(64(10,11)12)44-60(57)62(58-42-32-51(43-59(58)61)63(7,8)9)66(56-39-29-50(30-40-56)46(5)6)54-35-25-48(26-36-54)22-20-18-16-14-2/h23-46H,13-22H2,1-12H3. The molecule has 0 fully saturated rings. The van der Waals surface area contributed by atoms with E-state index in [2.05, 4.69) is 226 Å². The minimum absolute atomic E-state index is 0.0564. The number of hydrogen-bond acceptors (Lipinski definition) is 2. The van der Waals surface area contributed by atoms with Crippen LogP contribution in [0.4, 0.5) is 34.1 Å². The van der Waals surface area contributed by atoms with Crippen LogP contribution in [0.5, 0.6) is 0 Å². The van der Waals surface area contributed by atoms with Crippen molar-refractivity contribution in [3.63, 3.8) is 0 Å². The third kappa shape index (κ3) is 11.1. The first-order chi connectivity index (χ1) is 31.6. The van der Waals surface area contributed by atoms with E-state index >= 15 is 0 Å². The third-order valence-electron chi connectivity index (χ3n) is 13.9. The molecule has 0 atom stereocenters. The van der Waals surface area contributed by atoms with E-state index in [0.717, 1.165) is 12.8 Å². The Kier molecular flexibility index (Phi) is 15.5. The maximum atomic E-state index is 2.57. The quantitative estimate of drug-likeness (QED) is 0.0481. The van der Waals surface area contributed by atoms with Gasteiger partial charge in [0.15, 0.2) is 0 Å². The zero-order chi connectivity index (χ0) is 47.2. The van der Waals surface area contributed by atoms with Crippen LogP contribution in [0.3, 0.4) is 0 Å². The molecule has 7 aromatic rings. The van der Waals surface area contributed by atoms with Crippen LogP contribution in [0.25, 0.3) is 21.5 Å². The molecule has 0 aliphatic rings. The highest BCUT2D eigenvalue weighted by molar-refractivity contribution is 6.23. The van der Waals surface area contributed by atoms with Crippen LogP contribution in [0.1, 0.15) is 180 Å². The van der Waals surface area contributed by atoms with Gasteiger partial charge in [0.1, 0.15) is 0 Å². The van der Waals surface area contributed by atoms with Crippen molar-refractivity contribution in [1.29, 1.82) is 0 Å². The van der Waals surface area contributed by atoms with E-state index in [1.165, 1.54) is 140 Å². The first-order valence-corrected chi connectivity index (χ1v) is 25.6. The summed E-state index contributed by atoms with van der Waals surface area (Å²) in [5.74, 6) is 0.891. The molecule has 346 valence electrons. The fraction of sp³-hybridized carbons (Fsp3) is 0.406. The molecule has 0 aliphatic heterocycles. The second-order valence-corrected chi connectivity index (χ2v) is 21.8. The summed E-state index contributed by atoms with van der Waals surface area (Å²) in [6, 6.07) is 52.5. The predicted molar refractivity (Wildman–Crippen MR) is 292 cm³/mol. The molecule has 0 spiro atoms. The van der Waals surface area contributed by atoms with E-state index in [1.807, 2.05) is 0 Å². The van der Waals surface area contributed by atoms with Crippen LogP contribution < -0.4 is 9.80 Å². The summed E-state index contributed by atoms with van der Waals surface area (Å²) in [6.07, 6.45) is 12.4. The molecule has 2 nitrogen and oxygen atoms in total. The third-order valence-corrected chi connectivity index (χ3v) is 13.9. The molecule has 0 heterocycles. The molecule has 0 bridgehead atoms. The van der Waals surface area contributed by atoms with Gasteiger partial charge in [-0.1, -0.05) is 194 Å². The van der Waals surface area contributed by atoms with Crippen LogP contribution in [0.15, 0.2) is 133 Å². The Morgan fingerprint density at radius 1 is 0.364 bits per heavy atom. The normalized spacial score (nSPS) is 12.2. The largest absolute Gasteiger partial charge is 0.309 e. The van der Waals surface area contributed by atoms with Crippen molar-refractivity contribution in [2.75, 3.05) is 9.80 Å².